The normalized spacial score (nSPS) is 22.8. The van der Waals surface area contributed by atoms with E-state index >= 15 is 0 Å². The molecule has 0 unspecified atom stereocenters. The number of carbonyl (C=O) groups is 1. The molecule has 1 aliphatic rings. The Morgan fingerprint density at radius 1 is 1.32 bits per heavy atom. The first-order chi connectivity index (χ1) is 9.22. The summed E-state index contributed by atoms with van der Waals surface area (Å²) in [4.78, 5) is 16.4. The molecule has 0 radical (unpaired) electrons. The highest BCUT2D eigenvalue weighted by atomic mass is 16.1. The van der Waals surface area contributed by atoms with E-state index in [1.165, 1.54) is 19.3 Å². The lowest BCUT2D eigenvalue weighted by atomic mass is 9.84. The van der Waals surface area contributed by atoms with Gasteiger partial charge >= 0.3 is 0 Å². The molecule has 2 N–H and O–H groups in total. The summed E-state index contributed by atoms with van der Waals surface area (Å²) in [6.45, 7) is 2.25. The van der Waals surface area contributed by atoms with Crippen molar-refractivity contribution in [2.24, 2.45) is 5.92 Å². The van der Waals surface area contributed by atoms with Crippen LogP contribution in [-0.2, 0) is 0 Å². The van der Waals surface area contributed by atoms with Crippen LogP contribution in [0.1, 0.15) is 49.5 Å². The molecule has 1 aromatic rings. The minimum absolute atomic E-state index is 0.0583. The van der Waals surface area contributed by atoms with Crippen LogP contribution in [0.4, 0.5) is 5.82 Å². The first kappa shape index (κ1) is 13.8. The molecule has 0 aliphatic heterocycles. The second kappa shape index (κ2) is 6.55. The summed E-state index contributed by atoms with van der Waals surface area (Å²) in [7, 11) is 1.80. The van der Waals surface area contributed by atoms with Gasteiger partial charge in [-0.1, -0.05) is 19.4 Å². The Hall–Kier alpha value is -1.58. The Morgan fingerprint density at radius 2 is 2.05 bits per heavy atom. The van der Waals surface area contributed by atoms with Crippen LogP contribution >= 0.6 is 0 Å². The Bertz CT molecular complexity index is 425. The van der Waals surface area contributed by atoms with Gasteiger partial charge in [-0.05, 0) is 43.7 Å². The van der Waals surface area contributed by atoms with Gasteiger partial charge in [-0.2, -0.15) is 0 Å². The fraction of sp³-hybridized carbons (Fsp3) is 0.600. The van der Waals surface area contributed by atoms with Crippen LogP contribution < -0.4 is 10.6 Å². The average Bonchev–Trinajstić information content (AvgIpc) is 2.48. The number of anilines is 1. The molecule has 1 aliphatic carbocycles. The molecule has 19 heavy (non-hydrogen) atoms. The summed E-state index contributed by atoms with van der Waals surface area (Å²) >= 11 is 0. The van der Waals surface area contributed by atoms with Crippen LogP contribution in [0.5, 0.6) is 0 Å². The molecule has 104 valence electrons. The van der Waals surface area contributed by atoms with E-state index in [1.54, 1.807) is 13.1 Å². The van der Waals surface area contributed by atoms with E-state index < -0.39 is 0 Å². The maximum atomic E-state index is 12.1. The van der Waals surface area contributed by atoms with E-state index in [2.05, 4.69) is 22.5 Å². The largest absolute Gasteiger partial charge is 0.373 e. The Kier molecular flexibility index (Phi) is 4.77. The standard InChI is InChI=1S/C15H23N3O/c1-3-11-7-9-12(10-8-11)17-15(19)13-5-4-6-14(16-2)18-13/h4-6,11-12H,3,7-10H2,1-2H3,(H,16,18)(H,17,19). The zero-order valence-corrected chi connectivity index (χ0v) is 11.8. The molecule has 4 heteroatoms. The van der Waals surface area contributed by atoms with Crippen molar-refractivity contribution in [1.82, 2.24) is 10.3 Å². The molecule has 1 saturated carbocycles. The third kappa shape index (κ3) is 3.69. The van der Waals surface area contributed by atoms with Crippen LogP contribution in [0.15, 0.2) is 18.2 Å². The Labute approximate surface area is 115 Å². The smallest absolute Gasteiger partial charge is 0.270 e. The molecule has 0 atom stereocenters. The topological polar surface area (TPSA) is 54.0 Å². The summed E-state index contributed by atoms with van der Waals surface area (Å²) in [6.07, 6.45) is 5.90. The van der Waals surface area contributed by atoms with Crippen molar-refractivity contribution in [3.05, 3.63) is 23.9 Å². The summed E-state index contributed by atoms with van der Waals surface area (Å²) in [5, 5.41) is 6.05. The summed E-state index contributed by atoms with van der Waals surface area (Å²) < 4.78 is 0. The van der Waals surface area contributed by atoms with Crippen molar-refractivity contribution >= 4 is 11.7 Å². The summed E-state index contributed by atoms with van der Waals surface area (Å²) in [5.41, 5.74) is 0.490. The third-order valence-electron chi connectivity index (χ3n) is 4.00. The molecule has 0 saturated heterocycles. The molecule has 1 aromatic heterocycles. The molecule has 0 spiro atoms. The van der Waals surface area contributed by atoms with Crippen molar-refractivity contribution in [1.29, 1.82) is 0 Å². The number of hydrogen-bond acceptors (Lipinski definition) is 3. The van der Waals surface area contributed by atoms with Gasteiger partial charge in [0, 0.05) is 13.1 Å². The van der Waals surface area contributed by atoms with Crippen molar-refractivity contribution in [3.8, 4) is 0 Å². The Morgan fingerprint density at radius 3 is 2.68 bits per heavy atom. The first-order valence-electron chi connectivity index (χ1n) is 7.18. The van der Waals surface area contributed by atoms with E-state index in [1.807, 2.05) is 12.1 Å². The van der Waals surface area contributed by atoms with Crippen LogP contribution in [0.2, 0.25) is 0 Å². The van der Waals surface area contributed by atoms with E-state index in [0.29, 0.717) is 11.7 Å². The number of aromatic nitrogens is 1. The molecule has 1 amide bonds. The summed E-state index contributed by atoms with van der Waals surface area (Å²) in [5.74, 6) is 1.51. The highest BCUT2D eigenvalue weighted by Gasteiger charge is 2.22. The molecule has 4 nitrogen and oxygen atoms in total. The molecule has 1 fully saturated rings. The minimum atomic E-state index is -0.0583. The summed E-state index contributed by atoms with van der Waals surface area (Å²) in [6, 6.07) is 5.77. The lowest BCUT2D eigenvalue weighted by Crippen LogP contribution is -2.38. The van der Waals surface area contributed by atoms with Crippen LogP contribution in [-0.4, -0.2) is 24.0 Å². The van der Waals surface area contributed by atoms with Crippen LogP contribution in [0.3, 0.4) is 0 Å². The highest BCUT2D eigenvalue weighted by molar-refractivity contribution is 5.92. The maximum Gasteiger partial charge on any atom is 0.270 e. The zero-order valence-electron chi connectivity index (χ0n) is 11.8. The second-order valence-corrected chi connectivity index (χ2v) is 5.26. The number of rotatable bonds is 4. The Balaban J connectivity index is 1.90. The number of pyridine rings is 1. The molecule has 0 bridgehead atoms. The van der Waals surface area contributed by atoms with E-state index in [4.69, 9.17) is 0 Å². The number of amides is 1. The number of nitrogens with one attached hydrogen (secondary N) is 2. The van der Waals surface area contributed by atoms with Crippen molar-refractivity contribution in [2.75, 3.05) is 12.4 Å². The van der Waals surface area contributed by atoms with Gasteiger partial charge in [0.2, 0.25) is 0 Å². The van der Waals surface area contributed by atoms with Gasteiger partial charge in [0.25, 0.3) is 5.91 Å². The minimum Gasteiger partial charge on any atom is -0.373 e. The second-order valence-electron chi connectivity index (χ2n) is 5.26. The number of nitrogens with zero attached hydrogens (tertiary/aromatic N) is 1. The van der Waals surface area contributed by atoms with Gasteiger partial charge in [-0.25, -0.2) is 4.98 Å². The fourth-order valence-corrected chi connectivity index (χ4v) is 2.67. The SMILES string of the molecule is CCC1CCC(NC(=O)c2cccc(NC)n2)CC1. The lowest BCUT2D eigenvalue weighted by Gasteiger charge is -2.28. The van der Waals surface area contributed by atoms with Gasteiger partial charge < -0.3 is 10.6 Å². The van der Waals surface area contributed by atoms with E-state index in [0.717, 1.165) is 24.6 Å². The van der Waals surface area contributed by atoms with Gasteiger partial charge in [0.1, 0.15) is 11.5 Å². The molecule has 2 rings (SSSR count). The molecular weight excluding hydrogens is 238 g/mol. The zero-order chi connectivity index (χ0) is 13.7. The fourth-order valence-electron chi connectivity index (χ4n) is 2.67. The quantitative estimate of drug-likeness (QED) is 0.876. The predicted molar refractivity (Wildman–Crippen MR) is 77.3 cm³/mol. The van der Waals surface area contributed by atoms with Crippen molar-refractivity contribution < 1.29 is 4.79 Å². The maximum absolute atomic E-state index is 12.1. The number of carbonyl (C=O) groups excluding carboxylic acids is 1. The molecule has 1 heterocycles. The van der Waals surface area contributed by atoms with Gasteiger partial charge in [0.15, 0.2) is 0 Å². The van der Waals surface area contributed by atoms with Gasteiger partial charge in [-0.15, -0.1) is 0 Å². The van der Waals surface area contributed by atoms with Crippen LogP contribution in [0.25, 0.3) is 0 Å². The van der Waals surface area contributed by atoms with E-state index in [9.17, 15) is 4.79 Å². The number of hydrogen-bond donors (Lipinski definition) is 2. The lowest BCUT2D eigenvalue weighted by molar-refractivity contribution is 0.0916. The van der Waals surface area contributed by atoms with Gasteiger partial charge in [0.05, 0.1) is 0 Å². The van der Waals surface area contributed by atoms with Crippen molar-refractivity contribution in [3.63, 3.8) is 0 Å². The predicted octanol–water partition coefficient (Wildman–Crippen LogP) is 2.82. The van der Waals surface area contributed by atoms with Crippen LogP contribution in [0, 0.1) is 5.92 Å². The third-order valence-corrected chi connectivity index (χ3v) is 4.00. The molecule has 0 aromatic carbocycles. The monoisotopic (exact) mass is 261 g/mol. The molecular formula is C15H23N3O. The van der Waals surface area contributed by atoms with E-state index in [-0.39, 0.29) is 5.91 Å². The van der Waals surface area contributed by atoms with Crippen molar-refractivity contribution in [2.45, 2.75) is 45.1 Å². The first-order valence-corrected chi connectivity index (χ1v) is 7.18. The average molecular weight is 261 g/mol. The highest BCUT2D eigenvalue weighted by Crippen LogP contribution is 2.26. The van der Waals surface area contributed by atoms with Gasteiger partial charge in [-0.3, -0.25) is 4.79 Å².